The summed E-state index contributed by atoms with van der Waals surface area (Å²) in [5.74, 6) is 0.582. The first-order valence-electron chi connectivity index (χ1n) is 10.4. The molecule has 1 aliphatic heterocycles. The summed E-state index contributed by atoms with van der Waals surface area (Å²) >= 11 is 12.1. The maximum absolute atomic E-state index is 13.3. The minimum atomic E-state index is -0.279. The number of ether oxygens (including phenoxy) is 1. The van der Waals surface area contributed by atoms with Gasteiger partial charge >= 0.3 is 6.03 Å². The molecular formula is C25H23Cl2N3O3. The molecule has 0 bridgehead atoms. The SMILES string of the molecule is COc1ccccc1NC(=O)N(Cc1cccc(Cl)c1)C[C@@H]1CC(c2ccc(Cl)cc2)=NO1. The van der Waals surface area contributed by atoms with Crippen molar-refractivity contribution in [2.75, 3.05) is 19.0 Å². The number of halogens is 2. The third-order valence-electron chi connectivity index (χ3n) is 5.23. The van der Waals surface area contributed by atoms with Crippen LogP contribution in [0.5, 0.6) is 5.75 Å². The zero-order valence-corrected chi connectivity index (χ0v) is 19.5. The fraction of sp³-hybridized carbons (Fsp3) is 0.200. The molecule has 6 nitrogen and oxygen atoms in total. The highest BCUT2D eigenvalue weighted by Gasteiger charge is 2.27. The number of hydrogen-bond acceptors (Lipinski definition) is 4. The van der Waals surface area contributed by atoms with Crippen molar-refractivity contribution in [2.24, 2.45) is 5.16 Å². The molecule has 0 fully saturated rings. The maximum atomic E-state index is 13.3. The summed E-state index contributed by atoms with van der Waals surface area (Å²) in [5.41, 5.74) is 3.27. The lowest BCUT2D eigenvalue weighted by Crippen LogP contribution is -2.40. The number of carbonyl (C=O) groups is 1. The third kappa shape index (κ3) is 5.97. The van der Waals surface area contributed by atoms with Crippen LogP contribution in [0.25, 0.3) is 0 Å². The number of amides is 2. The highest BCUT2D eigenvalue weighted by atomic mass is 35.5. The Kier molecular flexibility index (Phi) is 7.37. The molecule has 0 aliphatic carbocycles. The Balaban J connectivity index is 1.49. The van der Waals surface area contributed by atoms with Gasteiger partial charge in [0, 0.05) is 23.0 Å². The Morgan fingerprint density at radius 3 is 2.64 bits per heavy atom. The van der Waals surface area contributed by atoms with Crippen molar-refractivity contribution in [3.63, 3.8) is 0 Å². The van der Waals surface area contributed by atoms with Crippen LogP contribution in [-0.4, -0.2) is 36.4 Å². The van der Waals surface area contributed by atoms with Gasteiger partial charge in [0.15, 0.2) is 6.10 Å². The van der Waals surface area contributed by atoms with E-state index in [4.69, 9.17) is 32.8 Å². The molecule has 0 radical (unpaired) electrons. The molecule has 1 N–H and O–H groups in total. The first kappa shape index (κ1) is 23.0. The molecule has 0 saturated heterocycles. The number of anilines is 1. The van der Waals surface area contributed by atoms with E-state index in [1.807, 2.05) is 54.6 Å². The summed E-state index contributed by atoms with van der Waals surface area (Å²) in [7, 11) is 1.57. The summed E-state index contributed by atoms with van der Waals surface area (Å²) < 4.78 is 5.36. The molecule has 0 unspecified atom stereocenters. The Hall–Kier alpha value is -3.22. The number of urea groups is 1. The lowest BCUT2D eigenvalue weighted by atomic mass is 10.0. The number of carbonyl (C=O) groups excluding carboxylic acids is 1. The molecule has 8 heteroatoms. The summed E-state index contributed by atoms with van der Waals surface area (Å²) in [6.45, 7) is 0.700. The van der Waals surface area contributed by atoms with Gasteiger partial charge in [-0.2, -0.15) is 0 Å². The molecule has 3 aromatic carbocycles. The molecule has 1 heterocycles. The van der Waals surface area contributed by atoms with Gasteiger partial charge in [0.2, 0.25) is 0 Å². The van der Waals surface area contributed by atoms with Crippen molar-refractivity contribution >= 4 is 40.6 Å². The number of oxime groups is 1. The van der Waals surface area contributed by atoms with Crippen LogP contribution >= 0.6 is 23.2 Å². The first-order valence-corrected chi connectivity index (χ1v) is 11.2. The van der Waals surface area contributed by atoms with Gasteiger partial charge in [0.05, 0.1) is 25.1 Å². The van der Waals surface area contributed by atoms with E-state index in [9.17, 15) is 4.79 Å². The monoisotopic (exact) mass is 483 g/mol. The Morgan fingerprint density at radius 1 is 1.09 bits per heavy atom. The maximum Gasteiger partial charge on any atom is 0.322 e. The van der Waals surface area contributed by atoms with E-state index in [1.165, 1.54) is 0 Å². The topological polar surface area (TPSA) is 63.2 Å². The highest BCUT2D eigenvalue weighted by molar-refractivity contribution is 6.31. The zero-order chi connectivity index (χ0) is 23.2. The molecule has 0 spiro atoms. The lowest BCUT2D eigenvalue weighted by Gasteiger charge is -2.25. The number of nitrogens with one attached hydrogen (secondary N) is 1. The predicted molar refractivity (Wildman–Crippen MR) is 131 cm³/mol. The minimum Gasteiger partial charge on any atom is -0.495 e. The van der Waals surface area contributed by atoms with E-state index >= 15 is 0 Å². The minimum absolute atomic E-state index is 0.275. The molecule has 0 saturated carbocycles. The Bertz CT molecular complexity index is 1150. The molecular weight excluding hydrogens is 461 g/mol. The number of benzene rings is 3. The quantitative estimate of drug-likeness (QED) is 0.433. The van der Waals surface area contributed by atoms with Crippen LogP contribution in [0, 0.1) is 0 Å². The second kappa shape index (κ2) is 10.6. The van der Waals surface area contributed by atoms with Crippen molar-refractivity contribution < 1.29 is 14.4 Å². The third-order valence-corrected chi connectivity index (χ3v) is 5.72. The first-order chi connectivity index (χ1) is 16.0. The van der Waals surface area contributed by atoms with E-state index in [0.717, 1.165) is 16.8 Å². The smallest absolute Gasteiger partial charge is 0.322 e. The van der Waals surface area contributed by atoms with E-state index < -0.39 is 0 Å². The molecule has 33 heavy (non-hydrogen) atoms. The van der Waals surface area contributed by atoms with Crippen molar-refractivity contribution in [1.82, 2.24) is 4.90 Å². The number of rotatable bonds is 7. The van der Waals surface area contributed by atoms with Crippen LogP contribution in [0.15, 0.2) is 78.0 Å². The van der Waals surface area contributed by atoms with Crippen molar-refractivity contribution in [1.29, 1.82) is 0 Å². The fourth-order valence-electron chi connectivity index (χ4n) is 3.60. The average Bonchev–Trinajstić information content (AvgIpc) is 3.28. The second-order valence-electron chi connectivity index (χ2n) is 7.62. The summed E-state index contributed by atoms with van der Waals surface area (Å²) in [4.78, 5) is 20.6. The summed E-state index contributed by atoms with van der Waals surface area (Å²) in [5, 5.41) is 8.45. The second-order valence-corrected chi connectivity index (χ2v) is 8.49. The molecule has 2 amide bonds. The van der Waals surface area contributed by atoms with Gasteiger partial charge in [-0.1, -0.05) is 64.8 Å². The van der Waals surface area contributed by atoms with Gasteiger partial charge in [-0.15, -0.1) is 0 Å². The largest absolute Gasteiger partial charge is 0.495 e. The number of para-hydroxylation sites is 2. The van der Waals surface area contributed by atoms with E-state index in [-0.39, 0.29) is 12.1 Å². The Morgan fingerprint density at radius 2 is 1.88 bits per heavy atom. The zero-order valence-electron chi connectivity index (χ0n) is 18.0. The van der Waals surface area contributed by atoms with E-state index in [2.05, 4.69) is 10.5 Å². The van der Waals surface area contributed by atoms with Crippen LogP contribution in [0.2, 0.25) is 10.0 Å². The van der Waals surface area contributed by atoms with Gasteiger partial charge in [0.25, 0.3) is 0 Å². The Labute approximate surface area is 202 Å². The number of hydrogen-bond donors (Lipinski definition) is 1. The average molecular weight is 484 g/mol. The molecule has 4 rings (SSSR count). The number of nitrogens with zero attached hydrogens (tertiary/aromatic N) is 2. The normalized spacial score (nSPS) is 14.9. The molecule has 1 atom stereocenters. The van der Waals surface area contributed by atoms with Crippen LogP contribution < -0.4 is 10.1 Å². The van der Waals surface area contributed by atoms with Crippen LogP contribution in [0.3, 0.4) is 0 Å². The lowest BCUT2D eigenvalue weighted by molar-refractivity contribution is 0.0608. The molecule has 0 aromatic heterocycles. The predicted octanol–water partition coefficient (Wildman–Crippen LogP) is 6.23. The summed E-state index contributed by atoms with van der Waals surface area (Å²) in [6.07, 6.45) is 0.300. The van der Waals surface area contributed by atoms with E-state index in [0.29, 0.717) is 41.0 Å². The van der Waals surface area contributed by atoms with Crippen LogP contribution in [-0.2, 0) is 11.4 Å². The highest BCUT2D eigenvalue weighted by Crippen LogP contribution is 2.25. The van der Waals surface area contributed by atoms with Gasteiger partial charge < -0.3 is 19.8 Å². The fourth-order valence-corrected chi connectivity index (χ4v) is 3.94. The van der Waals surface area contributed by atoms with Crippen molar-refractivity contribution in [2.45, 2.75) is 19.1 Å². The van der Waals surface area contributed by atoms with Crippen molar-refractivity contribution in [3.05, 3.63) is 94.0 Å². The van der Waals surface area contributed by atoms with Crippen LogP contribution in [0.1, 0.15) is 17.5 Å². The van der Waals surface area contributed by atoms with Crippen LogP contribution in [0.4, 0.5) is 10.5 Å². The molecule has 170 valence electrons. The van der Waals surface area contributed by atoms with E-state index in [1.54, 1.807) is 30.2 Å². The number of methoxy groups -OCH3 is 1. The van der Waals surface area contributed by atoms with Gasteiger partial charge in [-0.05, 0) is 47.5 Å². The van der Waals surface area contributed by atoms with Gasteiger partial charge in [-0.25, -0.2) is 4.79 Å². The molecule has 3 aromatic rings. The van der Waals surface area contributed by atoms with Crippen molar-refractivity contribution in [3.8, 4) is 5.75 Å². The standard InChI is InChI=1S/C25H23Cl2N3O3/c1-32-24-8-3-2-7-22(24)28-25(31)30(15-17-5-4-6-20(27)13-17)16-21-14-23(29-33-21)18-9-11-19(26)12-10-18/h2-13,21H,14-16H2,1H3,(H,28,31)/t21-/m0/s1. The summed E-state index contributed by atoms with van der Waals surface area (Å²) in [6, 6.07) is 21.9. The van der Waals surface area contributed by atoms with Gasteiger partial charge in [0.1, 0.15) is 5.75 Å². The van der Waals surface area contributed by atoms with Gasteiger partial charge in [-0.3, -0.25) is 0 Å². The molecule has 1 aliphatic rings.